The Bertz CT molecular complexity index is 697. The average molecular weight is 245 g/mol. The fourth-order valence-corrected chi connectivity index (χ4v) is 2.71. The van der Waals surface area contributed by atoms with Crippen molar-refractivity contribution in [2.45, 2.75) is 6.92 Å². The van der Waals surface area contributed by atoms with Crippen molar-refractivity contribution in [1.82, 2.24) is 19.5 Å². The number of thiazole rings is 1. The van der Waals surface area contributed by atoms with Crippen LogP contribution in [-0.4, -0.2) is 19.5 Å². The Morgan fingerprint density at radius 3 is 2.82 bits per heavy atom. The molecule has 2 N–H and O–H groups in total. The SMILES string of the molecule is Cc1nc(N)sc1-c1nc2cccnc2n1C. The molecule has 3 aromatic rings. The number of aryl methyl sites for hydroxylation is 2. The fraction of sp³-hybridized carbons (Fsp3) is 0.182. The van der Waals surface area contributed by atoms with Gasteiger partial charge in [0.05, 0.1) is 10.6 Å². The number of rotatable bonds is 1. The van der Waals surface area contributed by atoms with Crippen molar-refractivity contribution in [3.8, 4) is 10.7 Å². The summed E-state index contributed by atoms with van der Waals surface area (Å²) < 4.78 is 1.97. The minimum Gasteiger partial charge on any atom is -0.375 e. The van der Waals surface area contributed by atoms with Gasteiger partial charge in [-0.2, -0.15) is 0 Å². The highest BCUT2D eigenvalue weighted by Gasteiger charge is 2.15. The summed E-state index contributed by atoms with van der Waals surface area (Å²) in [7, 11) is 1.95. The number of pyridine rings is 1. The van der Waals surface area contributed by atoms with E-state index in [9.17, 15) is 0 Å². The molecule has 0 saturated carbocycles. The molecular weight excluding hydrogens is 234 g/mol. The Balaban J connectivity index is 2.31. The number of nitrogen functional groups attached to an aromatic ring is 1. The largest absolute Gasteiger partial charge is 0.375 e. The topological polar surface area (TPSA) is 69.6 Å². The molecule has 0 amide bonds. The maximum absolute atomic E-state index is 5.72. The van der Waals surface area contributed by atoms with Crippen molar-refractivity contribution in [3.05, 3.63) is 24.0 Å². The lowest BCUT2D eigenvalue weighted by atomic mass is 10.4. The van der Waals surface area contributed by atoms with Gasteiger partial charge in [-0.15, -0.1) is 0 Å². The second kappa shape index (κ2) is 3.53. The van der Waals surface area contributed by atoms with E-state index in [-0.39, 0.29) is 0 Å². The quantitative estimate of drug-likeness (QED) is 0.711. The second-order valence-electron chi connectivity index (χ2n) is 3.81. The third kappa shape index (κ3) is 1.49. The molecule has 0 saturated heterocycles. The minimum atomic E-state index is 0.567. The Labute approximate surface area is 102 Å². The van der Waals surface area contributed by atoms with Gasteiger partial charge in [0.2, 0.25) is 0 Å². The number of imidazole rings is 1. The average Bonchev–Trinajstić information content (AvgIpc) is 2.80. The predicted molar refractivity (Wildman–Crippen MR) is 68.8 cm³/mol. The van der Waals surface area contributed by atoms with E-state index in [0.29, 0.717) is 5.13 Å². The Morgan fingerprint density at radius 1 is 1.35 bits per heavy atom. The number of anilines is 1. The molecule has 3 rings (SSSR count). The molecule has 0 bridgehead atoms. The molecule has 0 aliphatic carbocycles. The molecule has 0 aliphatic rings. The van der Waals surface area contributed by atoms with E-state index < -0.39 is 0 Å². The molecule has 0 aliphatic heterocycles. The van der Waals surface area contributed by atoms with Crippen LogP contribution < -0.4 is 5.73 Å². The van der Waals surface area contributed by atoms with Crippen LogP contribution in [0, 0.1) is 6.92 Å². The molecule has 0 spiro atoms. The number of hydrogen-bond donors (Lipinski definition) is 1. The van der Waals surface area contributed by atoms with Gasteiger partial charge < -0.3 is 10.3 Å². The number of nitrogens with zero attached hydrogens (tertiary/aromatic N) is 4. The maximum atomic E-state index is 5.72. The van der Waals surface area contributed by atoms with E-state index in [1.807, 2.05) is 30.7 Å². The fourth-order valence-electron chi connectivity index (χ4n) is 1.85. The highest BCUT2D eigenvalue weighted by atomic mass is 32.1. The molecule has 17 heavy (non-hydrogen) atoms. The van der Waals surface area contributed by atoms with Crippen LogP contribution in [0.2, 0.25) is 0 Å². The first-order valence-corrected chi connectivity index (χ1v) is 5.99. The summed E-state index contributed by atoms with van der Waals surface area (Å²) in [6.07, 6.45) is 1.77. The molecule has 86 valence electrons. The molecule has 5 nitrogen and oxygen atoms in total. The third-order valence-electron chi connectivity index (χ3n) is 2.64. The Hall–Kier alpha value is -1.95. The standard InChI is InChI=1S/C11H11N5S/c1-6-8(17-11(12)14-6)10-15-7-4-3-5-13-9(7)16(10)2/h3-5H,1-2H3,(H2,12,14). The van der Waals surface area contributed by atoms with Crippen molar-refractivity contribution in [3.63, 3.8) is 0 Å². The van der Waals surface area contributed by atoms with Crippen molar-refractivity contribution >= 4 is 27.6 Å². The molecule has 0 fully saturated rings. The first-order chi connectivity index (χ1) is 8.16. The highest BCUT2D eigenvalue weighted by Crippen LogP contribution is 2.31. The summed E-state index contributed by atoms with van der Waals surface area (Å²) in [5.74, 6) is 0.866. The van der Waals surface area contributed by atoms with Crippen LogP contribution >= 0.6 is 11.3 Å². The summed E-state index contributed by atoms with van der Waals surface area (Å²) >= 11 is 1.45. The molecule has 0 unspecified atom stereocenters. The second-order valence-corrected chi connectivity index (χ2v) is 4.84. The van der Waals surface area contributed by atoms with Crippen LogP contribution in [-0.2, 0) is 7.05 Å². The van der Waals surface area contributed by atoms with E-state index in [1.165, 1.54) is 11.3 Å². The molecule has 0 atom stereocenters. The molecule has 3 aromatic heterocycles. The van der Waals surface area contributed by atoms with Crippen LogP contribution in [0.25, 0.3) is 21.9 Å². The highest BCUT2D eigenvalue weighted by molar-refractivity contribution is 7.18. The van der Waals surface area contributed by atoms with Crippen LogP contribution in [0.3, 0.4) is 0 Å². The minimum absolute atomic E-state index is 0.567. The van der Waals surface area contributed by atoms with Gasteiger partial charge in [-0.1, -0.05) is 11.3 Å². The monoisotopic (exact) mass is 245 g/mol. The van der Waals surface area contributed by atoms with E-state index in [4.69, 9.17) is 5.73 Å². The molecule has 6 heteroatoms. The van der Waals surface area contributed by atoms with Gasteiger partial charge in [-0.3, -0.25) is 0 Å². The maximum Gasteiger partial charge on any atom is 0.180 e. The number of nitrogens with two attached hydrogens (primary N) is 1. The van der Waals surface area contributed by atoms with E-state index in [1.54, 1.807) is 6.20 Å². The van der Waals surface area contributed by atoms with Crippen molar-refractivity contribution in [2.24, 2.45) is 7.05 Å². The lowest BCUT2D eigenvalue weighted by Crippen LogP contribution is -1.93. The lowest BCUT2D eigenvalue weighted by molar-refractivity contribution is 0.942. The summed E-state index contributed by atoms with van der Waals surface area (Å²) in [6, 6.07) is 3.83. The zero-order chi connectivity index (χ0) is 12.0. The third-order valence-corrected chi connectivity index (χ3v) is 3.63. The first-order valence-electron chi connectivity index (χ1n) is 5.17. The van der Waals surface area contributed by atoms with Crippen molar-refractivity contribution < 1.29 is 0 Å². The summed E-state index contributed by atoms with van der Waals surface area (Å²) in [5.41, 5.74) is 8.38. The van der Waals surface area contributed by atoms with Crippen LogP contribution in [0.4, 0.5) is 5.13 Å². The first kappa shape index (κ1) is 10.2. The Morgan fingerprint density at radius 2 is 2.18 bits per heavy atom. The van der Waals surface area contributed by atoms with Crippen LogP contribution in [0.5, 0.6) is 0 Å². The normalized spacial score (nSPS) is 11.2. The molecule has 0 radical (unpaired) electrons. The zero-order valence-corrected chi connectivity index (χ0v) is 10.3. The van der Waals surface area contributed by atoms with E-state index in [0.717, 1.165) is 27.6 Å². The number of fused-ring (bicyclic) bond motifs is 1. The van der Waals surface area contributed by atoms with E-state index in [2.05, 4.69) is 15.0 Å². The molecule has 3 heterocycles. The zero-order valence-electron chi connectivity index (χ0n) is 9.51. The van der Waals surface area contributed by atoms with Gasteiger partial charge in [0, 0.05) is 13.2 Å². The van der Waals surface area contributed by atoms with Gasteiger partial charge in [0.15, 0.2) is 16.6 Å². The van der Waals surface area contributed by atoms with Gasteiger partial charge in [-0.05, 0) is 19.1 Å². The summed E-state index contributed by atoms with van der Waals surface area (Å²) in [6.45, 7) is 1.94. The van der Waals surface area contributed by atoms with Crippen LogP contribution in [0.1, 0.15) is 5.69 Å². The summed E-state index contributed by atoms with van der Waals surface area (Å²) in [5, 5.41) is 0.567. The van der Waals surface area contributed by atoms with Gasteiger partial charge in [0.25, 0.3) is 0 Å². The molecular formula is C11H11N5S. The van der Waals surface area contributed by atoms with Crippen LogP contribution in [0.15, 0.2) is 18.3 Å². The predicted octanol–water partition coefficient (Wildman–Crippen LogP) is 1.98. The number of hydrogen-bond acceptors (Lipinski definition) is 5. The molecule has 0 aromatic carbocycles. The smallest absolute Gasteiger partial charge is 0.180 e. The summed E-state index contributed by atoms with van der Waals surface area (Å²) in [4.78, 5) is 14.1. The Kier molecular flexibility index (Phi) is 2.12. The lowest BCUT2D eigenvalue weighted by Gasteiger charge is -1.98. The van der Waals surface area contributed by atoms with E-state index >= 15 is 0 Å². The van der Waals surface area contributed by atoms with Gasteiger partial charge >= 0.3 is 0 Å². The number of aromatic nitrogens is 4. The van der Waals surface area contributed by atoms with Gasteiger partial charge in [0.1, 0.15) is 5.52 Å². The van der Waals surface area contributed by atoms with Gasteiger partial charge in [-0.25, -0.2) is 15.0 Å². The van der Waals surface area contributed by atoms with Crippen molar-refractivity contribution in [1.29, 1.82) is 0 Å². The van der Waals surface area contributed by atoms with Crippen molar-refractivity contribution in [2.75, 3.05) is 5.73 Å².